The molecule has 0 aromatic heterocycles. The van der Waals surface area contributed by atoms with E-state index in [9.17, 15) is 4.79 Å². The summed E-state index contributed by atoms with van der Waals surface area (Å²) in [5, 5.41) is 3.14. The maximum absolute atomic E-state index is 12.8. The average Bonchev–Trinajstić information content (AvgIpc) is 3.72. The number of para-hydroxylation sites is 1. The minimum Gasteiger partial charge on any atom is -0.497 e. The number of ether oxygens (including phenoxy) is 3. The summed E-state index contributed by atoms with van der Waals surface area (Å²) >= 11 is 0. The monoisotopic (exact) mass is 523 g/mol. The first-order valence-corrected chi connectivity index (χ1v) is 13.7. The first kappa shape index (κ1) is 26.6. The van der Waals surface area contributed by atoms with E-state index in [1.54, 1.807) is 20.3 Å². The van der Waals surface area contributed by atoms with E-state index in [1.165, 1.54) is 16.7 Å². The summed E-state index contributed by atoms with van der Waals surface area (Å²) in [6.07, 6.45) is 9.81. The summed E-state index contributed by atoms with van der Waals surface area (Å²) in [6.45, 7) is 2.71. The van der Waals surface area contributed by atoms with Crippen LogP contribution in [0.1, 0.15) is 49.3 Å². The van der Waals surface area contributed by atoms with Crippen molar-refractivity contribution in [2.75, 3.05) is 20.8 Å². The molecule has 1 fully saturated rings. The highest BCUT2D eigenvalue weighted by Crippen LogP contribution is 2.60. The zero-order valence-corrected chi connectivity index (χ0v) is 23.0. The first-order chi connectivity index (χ1) is 19.0. The van der Waals surface area contributed by atoms with E-state index < -0.39 is 0 Å². The third-order valence-corrected chi connectivity index (χ3v) is 7.88. The van der Waals surface area contributed by atoms with Crippen LogP contribution in [0.5, 0.6) is 17.2 Å². The maximum atomic E-state index is 12.8. The van der Waals surface area contributed by atoms with Crippen LogP contribution in [0.25, 0.3) is 6.08 Å². The summed E-state index contributed by atoms with van der Waals surface area (Å²) in [4.78, 5) is 12.8. The second-order valence-corrected chi connectivity index (χ2v) is 10.5. The molecule has 5 rings (SSSR count). The quantitative estimate of drug-likeness (QED) is 0.284. The van der Waals surface area contributed by atoms with Gasteiger partial charge in [-0.1, -0.05) is 48.5 Å². The van der Waals surface area contributed by atoms with Crippen LogP contribution in [0.4, 0.5) is 0 Å². The number of carbonyl (C=O) groups is 1. The lowest BCUT2D eigenvalue weighted by Crippen LogP contribution is -2.31. The molecule has 1 heterocycles. The number of nitrogens with one attached hydrogen (secondary N) is 1. The highest BCUT2D eigenvalue weighted by Gasteiger charge is 2.55. The molecular formula is C34H37NO4. The van der Waals surface area contributed by atoms with E-state index in [-0.39, 0.29) is 23.3 Å². The first-order valence-electron chi connectivity index (χ1n) is 13.7. The molecular weight excluding hydrogens is 486 g/mol. The third kappa shape index (κ3) is 6.03. The zero-order chi connectivity index (χ0) is 27.2. The molecule has 3 aromatic carbocycles. The number of allylic oxidation sites excluding steroid dienone is 1. The minimum absolute atomic E-state index is 0.0475. The highest BCUT2D eigenvalue weighted by atomic mass is 16.5. The van der Waals surface area contributed by atoms with Gasteiger partial charge < -0.3 is 19.5 Å². The van der Waals surface area contributed by atoms with Crippen LogP contribution in [-0.4, -0.2) is 32.8 Å². The fourth-order valence-corrected chi connectivity index (χ4v) is 5.66. The maximum Gasteiger partial charge on any atom is 0.243 e. The van der Waals surface area contributed by atoms with Crippen molar-refractivity contribution in [3.8, 4) is 17.2 Å². The van der Waals surface area contributed by atoms with Gasteiger partial charge in [0, 0.05) is 17.0 Å². The van der Waals surface area contributed by atoms with E-state index in [0.29, 0.717) is 6.61 Å². The normalized spacial score (nSPS) is 17.9. The summed E-state index contributed by atoms with van der Waals surface area (Å²) in [7, 11) is 3.37. The number of benzene rings is 3. The molecule has 0 saturated heterocycles. The van der Waals surface area contributed by atoms with Crippen molar-refractivity contribution in [3.05, 3.63) is 107 Å². The molecule has 2 atom stereocenters. The van der Waals surface area contributed by atoms with Crippen molar-refractivity contribution in [2.24, 2.45) is 5.92 Å². The number of methoxy groups -OCH3 is 2. The molecule has 3 aromatic rings. The second-order valence-electron chi connectivity index (χ2n) is 10.5. The lowest BCUT2D eigenvalue weighted by molar-refractivity contribution is -0.117. The van der Waals surface area contributed by atoms with Crippen LogP contribution < -0.4 is 19.5 Å². The number of fused-ring (bicyclic) bond motifs is 1. The van der Waals surface area contributed by atoms with Crippen molar-refractivity contribution >= 4 is 12.0 Å². The molecule has 0 radical (unpaired) electrons. The van der Waals surface area contributed by atoms with Crippen LogP contribution in [0, 0.1) is 5.92 Å². The van der Waals surface area contributed by atoms with Gasteiger partial charge in [-0.2, -0.15) is 0 Å². The van der Waals surface area contributed by atoms with Crippen LogP contribution in [0.2, 0.25) is 0 Å². The molecule has 39 heavy (non-hydrogen) atoms. The SMILES string of the molecule is COc1cccc(C2(c3cccc(OC)c3)C[C@@H]2C=CC(=O)N[C@@H](C)CCCC2=Cc3ccccc3OC2)c1. The van der Waals surface area contributed by atoms with Gasteiger partial charge in [-0.15, -0.1) is 0 Å². The van der Waals surface area contributed by atoms with E-state index in [0.717, 1.165) is 48.5 Å². The molecule has 5 nitrogen and oxygen atoms in total. The summed E-state index contributed by atoms with van der Waals surface area (Å²) in [6, 6.07) is 24.7. The molecule has 0 spiro atoms. The van der Waals surface area contributed by atoms with Gasteiger partial charge in [0.15, 0.2) is 0 Å². The van der Waals surface area contributed by atoms with Gasteiger partial charge >= 0.3 is 0 Å². The van der Waals surface area contributed by atoms with Crippen molar-refractivity contribution in [3.63, 3.8) is 0 Å². The predicted octanol–water partition coefficient (Wildman–Crippen LogP) is 6.72. The fraction of sp³-hybridized carbons (Fsp3) is 0.324. The lowest BCUT2D eigenvalue weighted by Gasteiger charge is -2.20. The molecule has 1 saturated carbocycles. The Morgan fingerprint density at radius 3 is 2.41 bits per heavy atom. The van der Waals surface area contributed by atoms with E-state index in [1.807, 2.05) is 42.5 Å². The summed E-state index contributed by atoms with van der Waals surface area (Å²) in [5.74, 6) is 2.77. The van der Waals surface area contributed by atoms with E-state index in [4.69, 9.17) is 14.2 Å². The van der Waals surface area contributed by atoms with Gasteiger partial charge in [0.2, 0.25) is 5.91 Å². The van der Waals surface area contributed by atoms with Crippen LogP contribution in [0.3, 0.4) is 0 Å². The van der Waals surface area contributed by atoms with E-state index >= 15 is 0 Å². The number of carbonyl (C=O) groups excluding carboxylic acids is 1. The Kier molecular flexibility index (Phi) is 8.06. The smallest absolute Gasteiger partial charge is 0.243 e. The zero-order valence-electron chi connectivity index (χ0n) is 23.0. The standard InChI is InChI=1S/C34H37NO4/c1-24(9-6-10-25-19-26-11-4-5-16-32(26)39-23-25)35-33(36)18-17-29-22-34(29,27-12-7-14-30(20-27)37-2)28-13-8-15-31(21-28)38-3/h4-5,7-8,11-21,24,29H,6,9-10,22-23H2,1-3H3,(H,35,36)/t24-,29-/m0/s1. The minimum atomic E-state index is -0.208. The van der Waals surface area contributed by atoms with Crippen molar-refractivity contribution in [2.45, 2.75) is 44.1 Å². The Morgan fingerprint density at radius 2 is 1.72 bits per heavy atom. The van der Waals surface area contributed by atoms with Gasteiger partial charge in [0.1, 0.15) is 23.9 Å². The molecule has 5 heteroatoms. The summed E-state index contributed by atoms with van der Waals surface area (Å²) < 4.78 is 16.9. The van der Waals surface area contributed by atoms with Gasteiger partial charge in [-0.3, -0.25) is 4.79 Å². The third-order valence-electron chi connectivity index (χ3n) is 7.88. The van der Waals surface area contributed by atoms with Gasteiger partial charge in [0.05, 0.1) is 14.2 Å². The molecule has 1 amide bonds. The number of hydrogen-bond donors (Lipinski definition) is 1. The highest BCUT2D eigenvalue weighted by molar-refractivity contribution is 5.87. The molecule has 0 bridgehead atoms. The summed E-state index contributed by atoms with van der Waals surface area (Å²) in [5.41, 5.74) is 4.60. The van der Waals surface area contributed by atoms with Crippen molar-refractivity contribution in [1.82, 2.24) is 5.32 Å². The van der Waals surface area contributed by atoms with Crippen LogP contribution >= 0.6 is 0 Å². The predicted molar refractivity (Wildman–Crippen MR) is 155 cm³/mol. The Morgan fingerprint density at radius 1 is 1.03 bits per heavy atom. The number of amides is 1. The lowest BCUT2D eigenvalue weighted by atomic mass is 9.85. The van der Waals surface area contributed by atoms with Gasteiger partial charge in [0.25, 0.3) is 0 Å². The molecule has 202 valence electrons. The average molecular weight is 524 g/mol. The molecule has 1 aliphatic carbocycles. The Hall–Kier alpha value is -3.99. The Bertz CT molecular complexity index is 1330. The molecule has 1 aliphatic heterocycles. The van der Waals surface area contributed by atoms with Crippen molar-refractivity contribution < 1.29 is 19.0 Å². The number of hydrogen-bond acceptors (Lipinski definition) is 4. The second kappa shape index (κ2) is 11.8. The molecule has 0 unspecified atom stereocenters. The largest absolute Gasteiger partial charge is 0.497 e. The van der Waals surface area contributed by atoms with E-state index in [2.05, 4.69) is 54.7 Å². The van der Waals surface area contributed by atoms with Crippen LogP contribution in [-0.2, 0) is 10.2 Å². The topological polar surface area (TPSA) is 56.8 Å². The Balaban J connectivity index is 1.19. The number of rotatable bonds is 11. The Labute approximate surface area is 231 Å². The molecule has 2 aliphatic rings. The van der Waals surface area contributed by atoms with Gasteiger partial charge in [-0.05, 0) is 97.7 Å². The van der Waals surface area contributed by atoms with Crippen LogP contribution in [0.15, 0.2) is 90.5 Å². The molecule has 1 N–H and O–H groups in total. The fourth-order valence-electron chi connectivity index (χ4n) is 5.66. The van der Waals surface area contributed by atoms with Gasteiger partial charge in [-0.25, -0.2) is 0 Å². The van der Waals surface area contributed by atoms with Crippen molar-refractivity contribution in [1.29, 1.82) is 0 Å².